The number of hydrogen-bond acceptors (Lipinski definition) is 0. The van der Waals surface area contributed by atoms with Crippen LogP contribution in [0.1, 0.15) is 111 Å². The topological polar surface area (TPSA) is 0 Å². The molecule has 0 aromatic rings. The Balaban J connectivity index is 3.20. The van der Waals surface area contributed by atoms with Crippen LogP contribution in [0.4, 0.5) is 0 Å². The van der Waals surface area contributed by atoms with Gasteiger partial charge in [0.15, 0.2) is 0 Å². The first-order chi connectivity index (χ1) is 10.6. The lowest BCUT2D eigenvalue weighted by Gasteiger charge is -2.17. The van der Waals surface area contributed by atoms with Crippen molar-refractivity contribution in [1.82, 2.24) is 0 Å². The Hall–Kier alpha value is -0.520. The van der Waals surface area contributed by atoms with Gasteiger partial charge in [-0.05, 0) is 43.9 Å². The van der Waals surface area contributed by atoms with Crippen LogP contribution in [-0.2, 0) is 0 Å². The summed E-state index contributed by atoms with van der Waals surface area (Å²) in [6.45, 7) is 9.30. The second-order valence-electron chi connectivity index (χ2n) is 7.89. The number of rotatable bonds is 14. The summed E-state index contributed by atoms with van der Waals surface area (Å²) in [6.07, 6.45) is 26.9. The Bertz CT molecular complexity index is 264. The Morgan fingerprint density at radius 3 is 1.64 bits per heavy atom. The molecule has 0 fully saturated rings. The van der Waals surface area contributed by atoms with Gasteiger partial charge >= 0.3 is 0 Å². The quantitative estimate of drug-likeness (QED) is 0.224. The highest BCUT2D eigenvalue weighted by Gasteiger charge is 2.08. The first-order valence-corrected chi connectivity index (χ1v) is 9.86. The number of unbranched alkanes of at least 4 members (excludes halogenated alkanes) is 9. The van der Waals surface area contributed by atoms with Gasteiger partial charge in [-0.3, -0.25) is 0 Å². The molecule has 0 aromatic carbocycles. The summed E-state index contributed by atoms with van der Waals surface area (Å²) in [5.41, 5.74) is 0.523. The molecule has 0 saturated carbocycles. The Morgan fingerprint density at radius 2 is 1.09 bits per heavy atom. The van der Waals surface area contributed by atoms with Crippen LogP contribution in [-0.4, -0.2) is 0 Å². The molecule has 0 amide bonds. The average molecular weight is 307 g/mol. The van der Waals surface area contributed by atoms with Gasteiger partial charge in [-0.2, -0.15) is 0 Å². The lowest BCUT2D eigenvalue weighted by molar-refractivity contribution is 0.356. The lowest BCUT2D eigenvalue weighted by atomic mass is 9.89. The molecule has 0 atom stereocenters. The third kappa shape index (κ3) is 19.5. The summed E-state index contributed by atoms with van der Waals surface area (Å²) >= 11 is 0. The van der Waals surface area contributed by atoms with Crippen LogP contribution in [0.2, 0.25) is 0 Å². The molecule has 0 nitrogen and oxygen atoms in total. The molecule has 0 aliphatic carbocycles. The standard InChI is InChI=1S/C22H42/c1-5-6-7-8-9-10-11-12-13-14-15-16-17-18-19-20-21-22(2,3)4/h9-10,12-13H,5-8,11,14-21H2,1-4H3/b10-9-,13-12+. The minimum Gasteiger partial charge on any atom is -0.0882 e. The minimum absolute atomic E-state index is 0.523. The molecular formula is C22H42. The maximum atomic E-state index is 2.37. The van der Waals surface area contributed by atoms with E-state index >= 15 is 0 Å². The van der Waals surface area contributed by atoms with E-state index in [2.05, 4.69) is 52.0 Å². The second-order valence-corrected chi connectivity index (χ2v) is 7.89. The molecule has 0 aliphatic rings. The molecule has 0 N–H and O–H groups in total. The zero-order valence-corrected chi connectivity index (χ0v) is 16.0. The number of hydrogen-bond donors (Lipinski definition) is 0. The summed E-state index contributed by atoms with van der Waals surface area (Å²) in [4.78, 5) is 0. The largest absolute Gasteiger partial charge is 0.0882 e. The van der Waals surface area contributed by atoms with Crippen LogP contribution in [0, 0.1) is 5.41 Å². The summed E-state index contributed by atoms with van der Waals surface area (Å²) in [7, 11) is 0. The lowest BCUT2D eigenvalue weighted by Crippen LogP contribution is -2.03. The summed E-state index contributed by atoms with van der Waals surface area (Å²) in [6, 6.07) is 0. The highest BCUT2D eigenvalue weighted by atomic mass is 14.1. The molecule has 0 spiro atoms. The SMILES string of the molecule is CCCCC/C=C\C/C=C/CCCCCCCCC(C)(C)C. The van der Waals surface area contributed by atoms with Crippen LogP contribution in [0.5, 0.6) is 0 Å². The van der Waals surface area contributed by atoms with Crippen LogP contribution < -0.4 is 0 Å². The van der Waals surface area contributed by atoms with Crippen LogP contribution in [0.3, 0.4) is 0 Å². The van der Waals surface area contributed by atoms with E-state index in [0.29, 0.717) is 5.41 Å². The van der Waals surface area contributed by atoms with E-state index in [9.17, 15) is 0 Å². The highest BCUT2D eigenvalue weighted by Crippen LogP contribution is 2.22. The van der Waals surface area contributed by atoms with Crippen molar-refractivity contribution in [3.63, 3.8) is 0 Å². The van der Waals surface area contributed by atoms with Crippen molar-refractivity contribution in [2.75, 3.05) is 0 Å². The molecule has 0 heteroatoms. The van der Waals surface area contributed by atoms with Crippen molar-refractivity contribution in [1.29, 1.82) is 0 Å². The normalized spacial score (nSPS) is 12.7. The summed E-state index contributed by atoms with van der Waals surface area (Å²) in [5, 5.41) is 0. The highest BCUT2D eigenvalue weighted by molar-refractivity contribution is 4.92. The second kappa shape index (κ2) is 15.4. The van der Waals surface area contributed by atoms with Crippen molar-refractivity contribution < 1.29 is 0 Å². The van der Waals surface area contributed by atoms with E-state index in [-0.39, 0.29) is 0 Å². The van der Waals surface area contributed by atoms with Crippen molar-refractivity contribution >= 4 is 0 Å². The molecule has 0 saturated heterocycles. The van der Waals surface area contributed by atoms with Gasteiger partial charge in [-0.15, -0.1) is 0 Å². The minimum atomic E-state index is 0.523. The van der Waals surface area contributed by atoms with Gasteiger partial charge in [0, 0.05) is 0 Å². The van der Waals surface area contributed by atoms with Crippen molar-refractivity contribution in [2.45, 2.75) is 111 Å². The van der Waals surface area contributed by atoms with Gasteiger partial charge in [-0.1, -0.05) is 96.9 Å². The van der Waals surface area contributed by atoms with E-state index in [4.69, 9.17) is 0 Å². The van der Waals surface area contributed by atoms with E-state index in [1.54, 1.807) is 0 Å². The first kappa shape index (κ1) is 21.5. The molecule has 0 rings (SSSR count). The van der Waals surface area contributed by atoms with E-state index in [1.807, 2.05) is 0 Å². The van der Waals surface area contributed by atoms with Gasteiger partial charge in [0.1, 0.15) is 0 Å². The Labute approximate surface area is 141 Å². The molecule has 0 bridgehead atoms. The summed E-state index contributed by atoms with van der Waals surface area (Å²) < 4.78 is 0. The third-order valence-corrected chi connectivity index (χ3v) is 4.13. The number of allylic oxidation sites excluding steroid dienone is 4. The molecule has 0 radical (unpaired) electrons. The van der Waals surface area contributed by atoms with E-state index in [1.165, 1.54) is 77.0 Å². The Kier molecular flexibility index (Phi) is 15.0. The molecule has 0 aliphatic heterocycles. The van der Waals surface area contributed by atoms with E-state index < -0.39 is 0 Å². The monoisotopic (exact) mass is 306 g/mol. The Morgan fingerprint density at radius 1 is 0.591 bits per heavy atom. The zero-order valence-electron chi connectivity index (χ0n) is 16.0. The molecule has 0 aromatic heterocycles. The fourth-order valence-electron chi connectivity index (χ4n) is 2.64. The van der Waals surface area contributed by atoms with E-state index in [0.717, 1.165) is 6.42 Å². The fourth-order valence-corrected chi connectivity index (χ4v) is 2.64. The first-order valence-electron chi connectivity index (χ1n) is 9.86. The predicted molar refractivity (Wildman–Crippen MR) is 103 cm³/mol. The fraction of sp³-hybridized carbons (Fsp3) is 0.818. The molecule has 130 valence electrons. The van der Waals surface area contributed by atoms with Gasteiger partial charge in [0.25, 0.3) is 0 Å². The van der Waals surface area contributed by atoms with Crippen molar-refractivity contribution in [3.8, 4) is 0 Å². The van der Waals surface area contributed by atoms with Gasteiger partial charge in [-0.25, -0.2) is 0 Å². The van der Waals surface area contributed by atoms with Crippen LogP contribution in [0.15, 0.2) is 24.3 Å². The zero-order chi connectivity index (χ0) is 16.5. The van der Waals surface area contributed by atoms with Gasteiger partial charge in [0.05, 0.1) is 0 Å². The molecule has 22 heavy (non-hydrogen) atoms. The molecule has 0 unspecified atom stereocenters. The van der Waals surface area contributed by atoms with Crippen LogP contribution >= 0.6 is 0 Å². The smallest absolute Gasteiger partial charge is 0.0169 e. The maximum absolute atomic E-state index is 2.37. The molecular weight excluding hydrogens is 264 g/mol. The van der Waals surface area contributed by atoms with Gasteiger partial charge < -0.3 is 0 Å². The average Bonchev–Trinajstić information content (AvgIpc) is 2.45. The molecule has 0 heterocycles. The van der Waals surface area contributed by atoms with Crippen molar-refractivity contribution in [2.24, 2.45) is 5.41 Å². The predicted octanol–water partition coefficient (Wildman–Crippen LogP) is 8.24. The van der Waals surface area contributed by atoms with Gasteiger partial charge in [0.2, 0.25) is 0 Å². The maximum Gasteiger partial charge on any atom is -0.0169 e. The van der Waals surface area contributed by atoms with Crippen molar-refractivity contribution in [3.05, 3.63) is 24.3 Å². The van der Waals surface area contributed by atoms with Crippen LogP contribution in [0.25, 0.3) is 0 Å². The third-order valence-electron chi connectivity index (χ3n) is 4.13. The summed E-state index contributed by atoms with van der Waals surface area (Å²) in [5.74, 6) is 0.